The number of hydrogen-bond acceptors (Lipinski definition) is 4. The zero-order valence-corrected chi connectivity index (χ0v) is 10.4. The smallest absolute Gasteiger partial charge is 0.145 e. The molecule has 2 N–H and O–H groups in total. The standard InChI is InChI=1S/C11H18N2OS/c1-4-11(3,7-12)10(14)5-9-6-15-8(2)13-9/h6H,4-5,7,12H2,1-3H3. The first-order valence-electron chi connectivity index (χ1n) is 5.16. The molecule has 0 spiro atoms. The Kier molecular flexibility index (Phi) is 3.99. The first-order valence-corrected chi connectivity index (χ1v) is 6.04. The van der Waals surface area contributed by atoms with Gasteiger partial charge in [0.2, 0.25) is 0 Å². The normalized spacial score (nSPS) is 14.9. The molecule has 1 unspecified atom stereocenters. The first kappa shape index (κ1) is 12.3. The summed E-state index contributed by atoms with van der Waals surface area (Å²) in [4.78, 5) is 16.3. The zero-order valence-electron chi connectivity index (χ0n) is 9.54. The van der Waals surface area contributed by atoms with E-state index in [1.54, 1.807) is 11.3 Å². The number of carbonyl (C=O) groups is 1. The molecule has 0 fully saturated rings. The number of aryl methyl sites for hydroxylation is 1. The van der Waals surface area contributed by atoms with Crippen LogP contribution in [0.5, 0.6) is 0 Å². The molecule has 15 heavy (non-hydrogen) atoms. The van der Waals surface area contributed by atoms with Crippen LogP contribution in [0.4, 0.5) is 0 Å². The van der Waals surface area contributed by atoms with Gasteiger partial charge < -0.3 is 5.73 Å². The van der Waals surface area contributed by atoms with Gasteiger partial charge in [-0.05, 0) is 13.3 Å². The van der Waals surface area contributed by atoms with E-state index in [2.05, 4.69) is 4.98 Å². The molecule has 1 heterocycles. The average molecular weight is 226 g/mol. The zero-order chi connectivity index (χ0) is 11.5. The molecular weight excluding hydrogens is 208 g/mol. The Bertz CT molecular complexity index is 342. The van der Waals surface area contributed by atoms with E-state index in [1.165, 1.54) is 0 Å². The quantitative estimate of drug-likeness (QED) is 0.834. The average Bonchev–Trinajstić information content (AvgIpc) is 2.62. The summed E-state index contributed by atoms with van der Waals surface area (Å²) in [6.07, 6.45) is 1.19. The second kappa shape index (κ2) is 4.86. The fourth-order valence-electron chi connectivity index (χ4n) is 1.32. The van der Waals surface area contributed by atoms with Crippen molar-refractivity contribution in [1.82, 2.24) is 4.98 Å². The molecule has 0 radical (unpaired) electrons. The predicted molar refractivity (Wildman–Crippen MR) is 63.0 cm³/mol. The van der Waals surface area contributed by atoms with Crippen LogP contribution >= 0.6 is 11.3 Å². The molecule has 4 heteroatoms. The largest absolute Gasteiger partial charge is 0.329 e. The van der Waals surface area contributed by atoms with Gasteiger partial charge in [0.25, 0.3) is 0 Å². The number of aromatic nitrogens is 1. The molecule has 0 amide bonds. The summed E-state index contributed by atoms with van der Waals surface area (Å²) < 4.78 is 0. The highest BCUT2D eigenvalue weighted by molar-refractivity contribution is 7.09. The summed E-state index contributed by atoms with van der Waals surface area (Å²) in [5.41, 5.74) is 6.12. The Morgan fingerprint density at radius 1 is 1.67 bits per heavy atom. The maximum Gasteiger partial charge on any atom is 0.145 e. The Balaban J connectivity index is 2.70. The third-order valence-corrected chi connectivity index (χ3v) is 3.73. The SMILES string of the molecule is CCC(C)(CN)C(=O)Cc1csc(C)n1. The molecule has 0 aromatic carbocycles. The minimum Gasteiger partial charge on any atom is -0.329 e. The van der Waals surface area contributed by atoms with Crippen LogP contribution in [0, 0.1) is 12.3 Å². The van der Waals surface area contributed by atoms with Crippen molar-refractivity contribution in [3.63, 3.8) is 0 Å². The lowest BCUT2D eigenvalue weighted by Gasteiger charge is -2.24. The van der Waals surface area contributed by atoms with Crippen molar-refractivity contribution in [2.45, 2.75) is 33.6 Å². The summed E-state index contributed by atoms with van der Waals surface area (Å²) in [5, 5.41) is 2.95. The van der Waals surface area contributed by atoms with Crippen molar-refractivity contribution in [1.29, 1.82) is 0 Å². The minimum atomic E-state index is -0.391. The summed E-state index contributed by atoms with van der Waals surface area (Å²) in [5.74, 6) is 0.192. The minimum absolute atomic E-state index is 0.192. The molecule has 0 saturated heterocycles. The number of hydrogen-bond donors (Lipinski definition) is 1. The van der Waals surface area contributed by atoms with Gasteiger partial charge in [0.05, 0.1) is 17.1 Å². The van der Waals surface area contributed by atoms with E-state index in [-0.39, 0.29) is 5.78 Å². The second-order valence-corrected chi connectivity index (χ2v) is 5.14. The maximum atomic E-state index is 12.0. The fraction of sp³-hybridized carbons (Fsp3) is 0.636. The summed E-state index contributed by atoms with van der Waals surface area (Å²) in [6, 6.07) is 0. The van der Waals surface area contributed by atoms with Crippen molar-refractivity contribution < 1.29 is 4.79 Å². The number of ketones is 1. The highest BCUT2D eigenvalue weighted by Crippen LogP contribution is 2.23. The van der Waals surface area contributed by atoms with Gasteiger partial charge in [-0.25, -0.2) is 4.98 Å². The first-order chi connectivity index (χ1) is 7.01. The van der Waals surface area contributed by atoms with E-state index in [0.717, 1.165) is 17.1 Å². The maximum absolute atomic E-state index is 12.0. The van der Waals surface area contributed by atoms with Gasteiger partial charge in [-0.15, -0.1) is 11.3 Å². The van der Waals surface area contributed by atoms with Crippen LogP contribution in [-0.4, -0.2) is 17.3 Å². The number of nitrogens with two attached hydrogens (primary N) is 1. The molecule has 0 aliphatic heterocycles. The molecule has 0 aliphatic carbocycles. The van der Waals surface area contributed by atoms with Crippen LogP contribution in [0.1, 0.15) is 31.0 Å². The van der Waals surface area contributed by atoms with E-state index in [4.69, 9.17) is 5.73 Å². The highest BCUT2D eigenvalue weighted by atomic mass is 32.1. The van der Waals surface area contributed by atoms with Crippen molar-refractivity contribution in [2.75, 3.05) is 6.54 Å². The van der Waals surface area contributed by atoms with Crippen LogP contribution in [-0.2, 0) is 11.2 Å². The molecule has 84 valence electrons. The Morgan fingerprint density at radius 3 is 2.73 bits per heavy atom. The molecule has 0 saturated carbocycles. The molecule has 1 rings (SSSR count). The van der Waals surface area contributed by atoms with Gasteiger partial charge in [0.15, 0.2) is 0 Å². The molecule has 1 aromatic heterocycles. The number of Topliss-reactive ketones (excluding diaryl/α,β-unsaturated/α-hetero) is 1. The van der Waals surface area contributed by atoms with E-state index >= 15 is 0 Å². The monoisotopic (exact) mass is 226 g/mol. The third-order valence-electron chi connectivity index (χ3n) is 2.91. The van der Waals surface area contributed by atoms with Crippen molar-refractivity contribution in [3.8, 4) is 0 Å². The van der Waals surface area contributed by atoms with Crippen molar-refractivity contribution in [3.05, 3.63) is 16.1 Å². The van der Waals surface area contributed by atoms with E-state index in [0.29, 0.717) is 13.0 Å². The second-order valence-electron chi connectivity index (χ2n) is 4.08. The Morgan fingerprint density at radius 2 is 2.33 bits per heavy atom. The van der Waals surface area contributed by atoms with Crippen LogP contribution in [0.15, 0.2) is 5.38 Å². The topological polar surface area (TPSA) is 56.0 Å². The van der Waals surface area contributed by atoms with Crippen LogP contribution in [0.3, 0.4) is 0 Å². The van der Waals surface area contributed by atoms with Crippen LogP contribution in [0.25, 0.3) is 0 Å². The number of thiazole rings is 1. The van der Waals surface area contributed by atoms with Gasteiger partial charge in [0, 0.05) is 17.3 Å². The van der Waals surface area contributed by atoms with E-state index in [1.807, 2.05) is 26.2 Å². The third kappa shape index (κ3) is 2.86. The Hall–Kier alpha value is -0.740. The van der Waals surface area contributed by atoms with E-state index < -0.39 is 5.41 Å². The van der Waals surface area contributed by atoms with Crippen LogP contribution in [0.2, 0.25) is 0 Å². The van der Waals surface area contributed by atoms with Crippen LogP contribution < -0.4 is 5.73 Å². The lowest BCUT2D eigenvalue weighted by Crippen LogP contribution is -2.36. The van der Waals surface area contributed by atoms with E-state index in [9.17, 15) is 4.79 Å². The van der Waals surface area contributed by atoms with Crippen molar-refractivity contribution >= 4 is 17.1 Å². The number of nitrogens with zero attached hydrogens (tertiary/aromatic N) is 1. The van der Waals surface area contributed by atoms with Gasteiger partial charge in [-0.2, -0.15) is 0 Å². The summed E-state index contributed by atoms with van der Waals surface area (Å²) in [6.45, 7) is 6.28. The van der Waals surface area contributed by atoms with Crippen molar-refractivity contribution in [2.24, 2.45) is 11.1 Å². The molecule has 0 bridgehead atoms. The lowest BCUT2D eigenvalue weighted by atomic mass is 9.81. The van der Waals surface area contributed by atoms with Gasteiger partial charge >= 0.3 is 0 Å². The molecule has 0 aliphatic rings. The lowest BCUT2D eigenvalue weighted by molar-refractivity contribution is -0.127. The summed E-state index contributed by atoms with van der Waals surface area (Å²) >= 11 is 1.58. The summed E-state index contributed by atoms with van der Waals surface area (Å²) in [7, 11) is 0. The molecule has 1 aromatic rings. The number of carbonyl (C=O) groups excluding carboxylic acids is 1. The van der Waals surface area contributed by atoms with Gasteiger partial charge in [-0.3, -0.25) is 4.79 Å². The predicted octanol–water partition coefficient (Wildman–Crippen LogP) is 1.94. The number of rotatable bonds is 5. The molecular formula is C11H18N2OS. The Labute approximate surface area is 94.7 Å². The highest BCUT2D eigenvalue weighted by Gasteiger charge is 2.29. The van der Waals surface area contributed by atoms with Gasteiger partial charge in [0.1, 0.15) is 5.78 Å². The fourth-order valence-corrected chi connectivity index (χ4v) is 1.94. The van der Waals surface area contributed by atoms with Gasteiger partial charge in [-0.1, -0.05) is 13.8 Å². The molecule has 3 nitrogen and oxygen atoms in total. The molecule has 1 atom stereocenters.